The molecule has 0 saturated heterocycles. The van der Waals surface area contributed by atoms with Crippen LogP contribution in [-0.2, 0) is 4.79 Å². The maximum Gasteiger partial charge on any atom is 0.265 e. The molecule has 1 atom stereocenters. The fourth-order valence-corrected chi connectivity index (χ4v) is 2.46. The molecule has 1 aliphatic rings. The standard InChI is InChI=1S/C19H21NO4/c1-12-5-4-6-16(13(12)2)24-14(3)19(21)20-15-7-8-17-18(11-15)23-10-9-22-17/h4-8,11,14H,9-10H2,1-3H3,(H,20,21). The van der Waals surface area contributed by atoms with Crippen LogP contribution < -0.4 is 19.5 Å². The molecule has 0 bridgehead atoms. The summed E-state index contributed by atoms with van der Waals surface area (Å²) in [6, 6.07) is 11.1. The van der Waals surface area contributed by atoms with Crippen LogP contribution in [0, 0.1) is 13.8 Å². The van der Waals surface area contributed by atoms with E-state index in [-0.39, 0.29) is 5.91 Å². The lowest BCUT2D eigenvalue weighted by Gasteiger charge is -2.20. The Kier molecular flexibility index (Phi) is 4.60. The van der Waals surface area contributed by atoms with Crippen molar-refractivity contribution in [2.24, 2.45) is 0 Å². The van der Waals surface area contributed by atoms with Crippen molar-refractivity contribution < 1.29 is 19.0 Å². The van der Waals surface area contributed by atoms with Crippen LogP contribution in [0.3, 0.4) is 0 Å². The largest absolute Gasteiger partial charge is 0.486 e. The number of ether oxygens (including phenoxy) is 3. The molecule has 5 heteroatoms. The lowest BCUT2D eigenvalue weighted by atomic mass is 10.1. The summed E-state index contributed by atoms with van der Waals surface area (Å²) in [6.07, 6.45) is -0.612. The Balaban J connectivity index is 1.67. The molecule has 0 aromatic heterocycles. The van der Waals surface area contributed by atoms with E-state index in [1.807, 2.05) is 32.0 Å². The van der Waals surface area contributed by atoms with Gasteiger partial charge in [0.2, 0.25) is 0 Å². The number of hydrogen-bond acceptors (Lipinski definition) is 4. The van der Waals surface area contributed by atoms with Gasteiger partial charge in [-0.15, -0.1) is 0 Å². The van der Waals surface area contributed by atoms with Gasteiger partial charge in [0.15, 0.2) is 17.6 Å². The predicted octanol–water partition coefficient (Wildman–Crippen LogP) is 3.48. The number of anilines is 1. The molecule has 1 unspecified atom stereocenters. The maximum atomic E-state index is 12.4. The van der Waals surface area contributed by atoms with Crippen molar-refractivity contribution in [3.8, 4) is 17.2 Å². The number of hydrogen-bond donors (Lipinski definition) is 1. The second kappa shape index (κ2) is 6.83. The average molecular weight is 327 g/mol. The van der Waals surface area contributed by atoms with Gasteiger partial charge in [-0.2, -0.15) is 0 Å². The molecule has 2 aromatic rings. The lowest BCUT2D eigenvalue weighted by molar-refractivity contribution is -0.122. The zero-order chi connectivity index (χ0) is 17.1. The number of amides is 1. The molecule has 126 valence electrons. The Bertz CT molecular complexity index is 757. The van der Waals surface area contributed by atoms with Crippen molar-refractivity contribution in [2.75, 3.05) is 18.5 Å². The van der Waals surface area contributed by atoms with Crippen LogP contribution in [0.1, 0.15) is 18.1 Å². The van der Waals surface area contributed by atoms with Gasteiger partial charge in [0.05, 0.1) is 0 Å². The van der Waals surface area contributed by atoms with E-state index in [4.69, 9.17) is 14.2 Å². The first-order valence-electron chi connectivity index (χ1n) is 7.98. The highest BCUT2D eigenvalue weighted by Crippen LogP contribution is 2.32. The van der Waals surface area contributed by atoms with Crippen molar-refractivity contribution in [1.82, 2.24) is 0 Å². The summed E-state index contributed by atoms with van der Waals surface area (Å²) in [7, 11) is 0. The van der Waals surface area contributed by atoms with E-state index in [1.165, 1.54) is 0 Å². The highest BCUT2D eigenvalue weighted by Gasteiger charge is 2.18. The van der Waals surface area contributed by atoms with E-state index in [2.05, 4.69) is 5.32 Å². The number of rotatable bonds is 4. The van der Waals surface area contributed by atoms with Gasteiger partial charge in [0, 0.05) is 11.8 Å². The Morgan fingerprint density at radius 2 is 1.88 bits per heavy atom. The molecule has 0 fully saturated rings. The number of fused-ring (bicyclic) bond motifs is 1. The summed E-state index contributed by atoms with van der Waals surface area (Å²) >= 11 is 0. The smallest absolute Gasteiger partial charge is 0.265 e. The van der Waals surface area contributed by atoms with Crippen molar-refractivity contribution >= 4 is 11.6 Å². The number of carbonyl (C=O) groups excluding carboxylic acids is 1. The number of carbonyl (C=O) groups is 1. The van der Waals surface area contributed by atoms with Crippen molar-refractivity contribution in [2.45, 2.75) is 26.9 Å². The van der Waals surface area contributed by atoms with Crippen LogP contribution in [0.5, 0.6) is 17.2 Å². The third-order valence-corrected chi connectivity index (χ3v) is 4.04. The topological polar surface area (TPSA) is 56.8 Å². The lowest BCUT2D eigenvalue weighted by Crippen LogP contribution is -2.30. The summed E-state index contributed by atoms with van der Waals surface area (Å²) < 4.78 is 16.8. The first-order chi connectivity index (χ1) is 11.5. The van der Waals surface area contributed by atoms with Crippen molar-refractivity contribution in [1.29, 1.82) is 0 Å². The van der Waals surface area contributed by atoms with E-state index in [9.17, 15) is 4.79 Å². The molecule has 2 aromatic carbocycles. The van der Waals surface area contributed by atoms with Gasteiger partial charge in [0.25, 0.3) is 5.91 Å². The fourth-order valence-electron chi connectivity index (χ4n) is 2.46. The summed E-state index contributed by atoms with van der Waals surface area (Å²) in [5.41, 5.74) is 2.82. The molecule has 3 rings (SSSR count). The third kappa shape index (κ3) is 3.45. The first-order valence-corrected chi connectivity index (χ1v) is 7.98. The summed E-state index contributed by atoms with van der Waals surface area (Å²) in [6.45, 7) is 6.78. The molecule has 0 spiro atoms. The molecule has 1 heterocycles. The third-order valence-electron chi connectivity index (χ3n) is 4.04. The molecular weight excluding hydrogens is 306 g/mol. The van der Waals surface area contributed by atoms with Gasteiger partial charge in [-0.25, -0.2) is 0 Å². The van der Waals surface area contributed by atoms with Crippen molar-refractivity contribution in [3.05, 3.63) is 47.5 Å². The number of benzene rings is 2. The van der Waals surface area contributed by atoms with Crippen LogP contribution in [0.15, 0.2) is 36.4 Å². The number of aryl methyl sites for hydroxylation is 1. The van der Waals surface area contributed by atoms with Gasteiger partial charge >= 0.3 is 0 Å². The van der Waals surface area contributed by atoms with Crippen molar-refractivity contribution in [3.63, 3.8) is 0 Å². The van der Waals surface area contributed by atoms with Crippen LogP contribution in [-0.4, -0.2) is 25.2 Å². The molecule has 1 N–H and O–H groups in total. The molecule has 0 aliphatic carbocycles. The minimum Gasteiger partial charge on any atom is -0.486 e. The van der Waals surface area contributed by atoms with E-state index in [0.717, 1.165) is 16.9 Å². The fraction of sp³-hybridized carbons (Fsp3) is 0.316. The van der Waals surface area contributed by atoms with Gasteiger partial charge in [-0.05, 0) is 50.1 Å². The van der Waals surface area contributed by atoms with Gasteiger partial charge in [-0.3, -0.25) is 4.79 Å². The van der Waals surface area contributed by atoms with Crippen LogP contribution >= 0.6 is 0 Å². The monoisotopic (exact) mass is 327 g/mol. The van der Waals surface area contributed by atoms with E-state index in [1.54, 1.807) is 25.1 Å². The normalized spacial score (nSPS) is 14.0. The van der Waals surface area contributed by atoms with Gasteiger partial charge in [0.1, 0.15) is 19.0 Å². The van der Waals surface area contributed by atoms with E-state index in [0.29, 0.717) is 30.4 Å². The minimum absolute atomic E-state index is 0.215. The average Bonchev–Trinajstić information content (AvgIpc) is 2.58. The van der Waals surface area contributed by atoms with E-state index < -0.39 is 6.10 Å². The Labute approximate surface area is 141 Å². The van der Waals surface area contributed by atoms with Gasteiger partial charge < -0.3 is 19.5 Å². The molecule has 0 radical (unpaired) electrons. The minimum atomic E-state index is -0.612. The van der Waals surface area contributed by atoms with Gasteiger partial charge in [-0.1, -0.05) is 12.1 Å². The van der Waals surface area contributed by atoms with Crippen LogP contribution in [0.4, 0.5) is 5.69 Å². The van der Waals surface area contributed by atoms with Crippen LogP contribution in [0.2, 0.25) is 0 Å². The molecular formula is C19H21NO4. The Morgan fingerprint density at radius 1 is 1.12 bits per heavy atom. The predicted molar refractivity (Wildman–Crippen MR) is 92.1 cm³/mol. The summed E-state index contributed by atoms with van der Waals surface area (Å²) in [5.74, 6) is 1.84. The molecule has 5 nitrogen and oxygen atoms in total. The zero-order valence-electron chi connectivity index (χ0n) is 14.1. The molecule has 1 amide bonds. The van der Waals surface area contributed by atoms with E-state index >= 15 is 0 Å². The summed E-state index contributed by atoms with van der Waals surface area (Å²) in [5, 5.41) is 2.85. The highest BCUT2D eigenvalue weighted by atomic mass is 16.6. The summed E-state index contributed by atoms with van der Waals surface area (Å²) in [4.78, 5) is 12.4. The molecule has 0 saturated carbocycles. The Morgan fingerprint density at radius 3 is 2.67 bits per heavy atom. The van der Waals surface area contributed by atoms with Crippen LogP contribution in [0.25, 0.3) is 0 Å². The second-order valence-corrected chi connectivity index (χ2v) is 5.81. The first kappa shape index (κ1) is 16.2. The maximum absolute atomic E-state index is 12.4. The SMILES string of the molecule is Cc1cccc(OC(C)C(=O)Nc2ccc3c(c2)OCCO3)c1C. The zero-order valence-corrected chi connectivity index (χ0v) is 14.1. The second-order valence-electron chi connectivity index (χ2n) is 5.81. The molecule has 24 heavy (non-hydrogen) atoms. The quantitative estimate of drug-likeness (QED) is 0.934. The Hall–Kier alpha value is -2.69. The molecule has 1 aliphatic heterocycles. The highest BCUT2D eigenvalue weighted by molar-refractivity contribution is 5.94. The number of nitrogens with one attached hydrogen (secondary N) is 1.